The van der Waals surface area contributed by atoms with Gasteiger partial charge in [-0.3, -0.25) is 9.59 Å². The topological polar surface area (TPSA) is 89.9 Å². The highest BCUT2D eigenvalue weighted by molar-refractivity contribution is 5.89. The number of phenolic OH excluding ortho intramolecular Hbond substituents is 1. The zero-order chi connectivity index (χ0) is 22.5. The molecule has 1 amide bonds. The number of likely N-dealkylation sites (N-methyl/N-ethyl adjacent to an activating group) is 1. The minimum atomic E-state index is -1.11. The molecule has 1 saturated heterocycles. The molecular weight excluding hydrogens is 404 g/mol. The maximum absolute atomic E-state index is 13.3. The number of nitrogens with one attached hydrogen (secondary N) is 1. The van der Waals surface area contributed by atoms with Gasteiger partial charge in [0.05, 0.1) is 5.60 Å². The third-order valence-corrected chi connectivity index (χ3v) is 8.08. The predicted molar refractivity (Wildman–Crippen MR) is 120 cm³/mol. The standard InChI is InChI=1S/C26H30N2O4/c1-28-10-9-25-15-22(30)19(12-24(31)27-16-17-5-3-2-4-6-17)14-26(25,32)23(28)11-18-7-8-20(29)13-21(18)25/h2-8,13,19,23,29,32H,9-12,14-16H2,1H3,(H,27,31)/t19-,23+,25?,26+/m0/s1. The number of likely N-dealkylation sites (tertiary alicyclic amines) is 1. The zero-order valence-electron chi connectivity index (χ0n) is 18.4. The van der Waals surface area contributed by atoms with Gasteiger partial charge < -0.3 is 20.4 Å². The lowest BCUT2D eigenvalue weighted by molar-refractivity contribution is -0.179. The molecule has 3 aliphatic rings. The minimum absolute atomic E-state index is 0.0315. The lowest BCUT2D eigenvalue weighted by atomic mass is 9.47. The molecule has 0 radical (unpaired) electrons. The number of benzene rings is 2. The fourth-order valence-electron chi connectivity index (χ4n) is 6.39. The number of carbonyl (C=O) groups excluding carboxylic acids is 2. The SMILES string of the molecule is CN1CCC23CC(=O)[C@@H](CC(=O)NCc4ccccc4)C[C@@]2(O)[C@H]1Cc1ccc(O)cc13. The number of aromatic hydroxyl groups is 1. The third-order valence-electron chi connectivity index (χ3n) is 8.08. The van der Waals surface area contributed by atoms with Crippen molar-refractivity contribution in [2.24, 2.45) is 5.92 Å². The molecule has 2 bridgehead atoms. The van der Waals surface area contributed by atoms with E-state index in [4.69, 9.17) is 0 Å². The van der Waals surface area contributed by atoms with Crippen molar-refractivity contribution in [2.75, 3.05) is 13.6 Å². The number of hydrogen-bond acceptors (Lipinski definition) is 5. The van der Waals surface area contributed by atoms with Crippen LogP contribution in [0.3, 0.4) is 0 Å². The van der Waals surface area contributed by atoms with Crippen molar-refractivity contribution < 1.29 is 19.8 Å². The van der Waals surface area contributed by atoms with Gasteiger partial charge in [0.25, 0.3) is 0 Å². The van der Waals surface area contributed by atoms with Crippen LogP contribution in [0, 0.1) is 5.92 Å². The number of hydrogen-bond donors (Lipinski definition) is 3. The van der Waals surface area contributed by atoms with E-state index in [9.17, 15) is 19.8 Å². The number of nitrogens with zero attached hydrogens (tertiary/aromatic N) is 1. The Hall–Kier alpha value is -2.70. The van der Waals surface area contributed by atoms with Gasteiger partial charge in [-0.2, -0.15) is 0 Å². The van der Waals surface area contributed by atoms with E-state index in [0.29, 0.717) is 19.4 Å². The van der Waals surface area contributed by atoms with Gasteiger partial charge in [-0.25, -0.2) is 0 Å². The van der Waals surface area contributed by atoms with Gasteiger partial charge in [0, 0.05) is 36.8 Å². The van der Waals surface area contributed by atoms with Crippen LogP contribution in [0.4, 0.5) is 0 Å². The fraction of sp³-hybridized carbons (Fsp3) is 0.462. The minimum Gasteiger partial charge on any atom is -0.508 e. The van der Waals surface area contributed by atoms with E-state index in [1.807, 2.05) is 43.4 Å². The zero-order valence-corrected chi connectivity index (χ0v) is 18.4. The normalized spacial score (nSPS) is 31.5. The summed E-state index contributed by atoms with van der Waals surface area (Å²) in [5.74, 6) is -0.479. The van der Waals surface area contributed by atoms with Gasteiger partial charge in [-0.05, 0) is 61.7 Å². The van der Waals surface area contributed by atoms with Gasteiger partial charge in [0.15, 0.2) is 0 Å². The van der Waals surface area contributed by atoms with Crippen LogP contribution in [0.25, 0.3) is 0 Å². The summed E-state index contributed by atoms with van der Waals surface area (Å²) in [6.07, 6.45) is 1.90. The molecule has 6 heteroatoms. The number of amides is 1. The lowest BCUT2D eigenvalue weighted by Crippen LogP contribution is -2.73. The van der Waals surface area contributed by atoms with E-state index in [2.05, 4.69) is 10.2 Å². The first kappa shape index (κ1) is 21.2. The Labute approximate surface area is 188 Å². The van der Waals surface area contributed by atoms with Crippen LogP contribution in [0.2, 0.25) is 0 Å². The monoisotopic (exact) mass is 434 g/mol. The Bertz CT molecular complexity index is 1060. The molecule has 1 aliphatic heterocycles. The van der Waals surface area contributed by atoms with Crippen LogP contribution in [-0.2, 0) is 28.0 Å². The van der Waals surface area contributed by atoms with Crippen LogP contribution in [0.5, 0.6) is 5.75 Å². The van der Waals surface area contributed by atoms with E-state index < -0.39 is 16.9 Å². The molecule has 0 spiro atoms. The first-order chi connectivity index (χ1) is 15.3. The second kappa shape index (κ2) is 7.71. The highest BCUT2D eigenvalue weighted by Crippen LogP contribution is 2.58. The average Bonchev–Trinajstić information content (AvgIpc) is 2.77. The van der Waals surface area contributed by atoms with Gasteiger partial charge >= 0.3 is 0 Å². The van der Waals surface area contributed by atoms with Crippen molar-refractivity contribution in [3.63, 3.8) is 0 Å². The van der Waals surface area contributed by atoms with Crippen LogP contribution in [-0.4, -0.2) is 52.0 Å². The third kappa shape index (κ3) is 3.24. The van der Waals surface area contributed by atoms with Crippen molar-refractivity contribution >= 4 is 11.7 Å². The Morgan fingerprint density at radius 1 is 1.22 bits per heavy atom. The fourth-order valence-corrected chi connectivity index (χ4v) is 6.39. The van der Waals surface area contributed by atoms with Crippen molar-refractivity contribution in [1.29, 1.82) is 0 Å². The number of ketones is 1. The van der Waals surface area contributed by atoms with Crippen LogP contribution in [0.15, 0.2) is 48.5 Å². The summed E-state index contributed by atoms with van der Waals surface area (Å²) >= 11 is 0. The quantitative estimate of drug-likeness (QED) is 0.687. The van der Waals surface area contributed by atoms with Gasteiger partial charge in [-0.15, -0.1) is 0 Å². The van der Waals surface area contributed by atoms with Crippen molar-refractivity contribution in [3.05, 3.63) is 65.2 Å². The number of carbonyl (C=O) groups is 2. The van der Waals surface area contributed by atoms with Crippen molar-refractivity contribution in [1.82, 2.24) is 10.2 Å². The van der Waals surface area contributed by atoms with E-state index in [-0.39, 0.29) is 42.7 Å². The summed E-state index contributed by atoms with van der Waals surface area (Å²) in [6, 6.07) is 14.9. The molecule has 5 rings (SSSR count). The smallest absolute Gasteiger partial charge is 0.220 e. The van der Waals surface area contributed by atoms with Crippen LogP contribution in [0.1, 0.15) is 42.4 Å². The summed E-state index contributed by atoms with van der Waals surface area (Å²) < 4.78 is 0. The van der Waals surface area contributed by atoms with Crippen LogP contribution >= 0.6 is 0 Å². The number of phenols is 1. The molecule has 3 N–H and O–H groups in total. The van der Waals surface area contributed by atoms with E-state index >= 15 is 0 Å². The Balaban J connectivity index is 1.40. The Morgan fingerprint density at radius 3 is 2.78 bits per heavy atom. The molecule has 0 aromatic heterocycles. The van der Waals surface area contributed by atoms with Gasteiger partial charge in [0.1, 0.15) is 11.5 Å². The number of fused-ring (bicyclic) bond motifs is 1. The Kier molecular flexibility index (Phi) is 5.10. The van der Waals surface area contributed by atoms with E-state index in [1.165, 1.54) is 0 Å². The van der Waals surface area contributed by atoms with Gasteiger partial charge in [0.2, 0.25) is 5.91 Å². The summed E-state index contributed by atoms with van der Waals surface area (Å²) in [5.41, 5.74) is 1.19. The second-order valence-electron chi connectivity index (χ2n) is 9.81. The first-order valence-electron chi connectivity index (χ1n) is 11.4. The molecule has 2 aromatic carbocycles. The number of aliphatic hydroxyl groups is 1. The first-order valence-corrected chi connectivity index (χ1v) is 11.4. The number of piperidine rings is 1. The van der Waals surface area contributed by atoms with Crippen LogP contribution < -0.4 is 5.32 Å². The van der Waals surface area contributed by atoms with E-state index in [0.717, 1.165) is 23.2 Å². The molecule has 1 heterocycles. The molecule has 168 valence electrons. The largest absolute Gasteiger partial charge is 0.508 e. The van der Waals surface area contributed by atoms with Crippen molar-refractivity contribution in [3.8, 4) is 5.75 Å². The Morgan fingerprint density at radius 2 is 2.00 bits per heavy atom. The maximum atomic E-state index is 13.3. The van der Waals surface area contributed by atoms with Crippen molar-refractivity contribution in [2.45, 2.75) is 55.7 Å². The van der Waals surface area contributed by atoms with Gasteiger partial charge in [-0.1, -0.05) is 36.4 Å². The molecular formula is C26H30N2O4. The molecule has 1 unspecified atom stereocenters. The molecule has 32 heavy (non-hydrogen) atoms. The predicted octanol–water partition coefficient (Wildman–Crippen LogP) is 2.31. The molecule has 2 aliphatic carbocycles. The highest BCUT2D eigenvalue weighted by atomic mass is 16.3. The molecule has 6 nitrogen and oxygen atoms in total. The molecule has 2 fully saturated rings. The summed E-state index contributed by atoms with van der Waals surface area (Å²) in [4.78, 5) is 28.2. The summed E-state index contributed by atoms with van der Waals surface area (Å²) in [7, 11) is 2.02. The number of Topliss-reactive ketones (excluding diaryl/α,β-unsaturated/α-hetero) is 1. The summed E-state index contributed by atoms with van der Waals surface area (Å²) in [6.45, 7) is 1.21. The molecule has 1 saturated carbocycles. The average molecular weight is 435 g/mol. The highest BCUT2D eigenvalue weighted by Gasteiger charge is 2.65. The second-order valence-corrected chi connectivity index (χ2v) is 9.81. The lowest BCUT2D eigenvalue weighted by Gasteiger charge is -2.63. The molecule has 4 atom stereocenters. The number of rotatable bonds is 4. The molecule has 2 aromatic rings. The summed E-state index contributed by atoms with van der Waals surface area (Å²) in [5, 5.41) is 25.3. The van der Waals surface area contributed by atoms with E-state index in [1.54, 1.807) is 12.1 Å². The maximum Gasteiger partial charge on any atom is 0.220 e.